The number of hydrogen-bond acceptors (Lipinski definition) is 3. The number of ether oxygens (including phenoxy) is 1. The molecule has 0 spiro atoms. The highest BCUT2D eigenvalue weighted by atomic mass is 16.5. The van der Waals surface area contributed by atoms with Gasteiger partial charge in [0.05, 0.1) is 12.5 Å². The third-order valence-corrected chi connectivity index (χ3v) is 2.70. The van der Waals surface area contributed by atoms with Crippen molar-refractivity contribution >= 4 is 11.9 Å². The maximum Gasteiger partial charge on any atom is 0.306 e. The van der Waals surface area contributed by atoms with E-state index in [-0.39, 0.29) is 11.9 Å². The molecule has 0 amide bonds. The Morgan fingerprint density at radius 2 is 1.88 bits per heavy atom. The van der Waals surface area contributed by atoms with Crippen LogP contribution in [-0.4, -0.2) is 23.7 Å². The van der Waals surface area contributed by atoms with Gasteiger partial charge in [0.1, 0.15) is 0 Å². The molecule has 17 heavy (non-hydrogen) atoms. The lowest BCUT2D eigenvalue weighted by Gasteiger charge is -2.06. The molecule has 0 aromatic heterocycles. The Labute approximate surface area is 103 Å². The minimum Gasteiger partial charge on any atom is -0.481 e. The van der Waals surface area contributed by atoms with E-state index in [1.54, 1.807) is 6.92 Å². The molecule has 0 aliphatic heterocycles. The van der Waals surface area contributed by atoms with Crippen LogP contribution in [0.2, 0.25) is 0 Å². The van der Waals surface area contributed by atoms with Gasteiger partial charge in [-0.2, -0.15) is 0 Å². The first-order chi connectivity index (χ1) is 8.07. The number of carboxylic acid groups (broad SMARTS) is 1. The number of carbonyl (C=O) groups is 2. The van der Waals surface area contributed by atoms with Gasteiger partial charge >= 0.3 is 11.9 Å². The molecule has 0 aromatic rings. The minimum atomic E-state index is -0.746. The fourth-order valence-electron chi connectivity index (χ4n) is 1.42. The predicted molar refractivity (Wildman–Crippen MR) is 65.8 cm³/mol. The Balaban J connectivity index is 3.33. The fraction of sp³-hybridized carbons (Fsp3) is 0.846. The van der Waals surface area contributed by atoms with Crippen molar-refractivity contribution in [2.75, 3.05) is 6.61 Å². The van der Waals surface area contributed by atoms with Crippen LogP contribution in [0.1, 0.15) is 58.8 Å². The van der Waals surface area contributed by atoms with Crippen LogP contribution < -0.4 is 0 Å². The summed E-state index contributed by atoms with van der Waals surface area (Å²) in [5.74, 6) is -1.17. The van der Waals surface area contributed by atoms with E-state index < -0.39 is 5.97 Å². The summed E-state index contributed by atoms with van der Waals surface area (Å²) in [5.41, 5.74) is 0. The van der Waals surface area contributed by atoms with Crippen LogP contribution in [-0.2, 0) is 14.3 Å². The van der Waals surface area contributed by atoms with E-state index in [2.05, 4.69) is 6.92 Å². The highest BCUT2D eigenvalue weighted by molar-refractivity contribution is 5.69. The minimum absolute atomic E-state index is 0.135. The first kappa shape index (κ1) is 15.9. The van der Waals surface area contributed by atoms with Crippen molar-refractivity contribution in [3.8, 4) is 0 Å². The molecule has 0 aromatic carbocycles. The molecule has 0 heterocycles. The molecule has 100 valence electrons. The van der Waals surface area contributed by atoms with Crippen molar-refractivity contribution in [1.82, 2.24) is 0 Å². The molecule has 0 aliphatic rings. The van der Waals surface area contributed by atoms with E-state index in [9.17, 15) is 9.59 Å². The van der Waals surface area contributed by atoms with Crippen molar-refractivity contribution in [3.05, 3.63) is 0 Å². The van der Waals surface area contributed by atoms with Crippen molar-refractivity contribution < 1.29 is 19.4 Å². The number of carboxylic acids is 1. The number of aliphatic carboxylic acids is 1. The molecular formula is C13H24O4. The van der Waals surface area contributed by atoms with Crippen LogP contribution in [0, 0.1) is 5.92 Å². The average molecular weight is 244 g/mol. The Bertz CT molecular complexity index is 225. The smallest absolute Gasteiger partial charge is 0.306 e. The number of esters is 1. The highest BCUT2D eigenvalue weighted by Crippen LogP contribution is 2.10. The first-order valence-corrected chi connectivity index (χ1v) is 6.46. The van der Waals surface area contributed by atoms with Crippen molar-refractivity contribution in [1.29, 1.82) is 0 Å². The molecular weight excluding hydrogens is 220 g/mol. The summed E-state index contributed by atoms with van der Waals surface area (Å²) in [6, 6.07) is 0. The Hall–Kier alpha value is -1.06. The third-order valence-electron chi connectivity index (χ3n) is 2.70. The fourth-order valence-corrected chi connectivity index (χ4v) is 1.42. The second-order valence-electron chi connectivity index (χ2n) is 4.41. The third kappa shape index (κ3) is 9.85. The molecule has 0 aliphatic carbocycles. The van der Waals surface area contributed by atoms with E-state index in [4.69, 9.17) is 9.84 Å². The molecule has 1 atom stereocenters. The lowest BCUT2D eigenvalue weighted by molar-refractivity contribution is -0.144. The van der Waals surface area contributed by atoms with E-state index in [0.29, 0.717) is 19.4 Å². The van der Waals surface area contributed by atoms with Gasteiger partial charge < -0.3 is 9.84 Å². The number of unbranched alkanes of at least 4 members (excludes halogenated alkanes) is 3. The summed E-state index contributed by atoms with van der Waals surface area (Å²) >= 11 is 0. The second kappa shape index (κ2) is 10.1. The number of hydrogen-bond donors (Lipinski definition) is 1. The molecule has 0 saturated carbocycles. The SMILES string of the molecule is CCCCOC(=O)CCCCCC(C)C(=O)O. The van der Waals surface area contributed by atoms with E-state index >= 15 is 0 Å². The Kier molecular flexibility index (Phi) is 9.49. The summed E-state index contributed by atoms with van der Waals surface area (Å²) in [7, 11) is 0. The maximum atomic E-state index is 11.2. The summed E-state index contributed by atoms with van der Waals surface area (Å²) < 4.78 is 5.02. The quantitative estimate of drug-likeness (QED) is 0.474. The second-order valence-corrected chi connectivity index (χ2v) is 4.41. The monoisotopic (exact) mass is 244 g/mol. The maximum absolute atomic E-state index is 11.2. The Morgan fingerprint density at radius 3 is 2.47 bits per heavy atom. The normalized spacial score (nSPS) is 12.1. The molecule has 0 radical (unpaired) electrons. The lowest BCUT2D eigenvalue weighted by atomic mass is 10.0. The number of carbonyl (C=O) groups excluding carboxylic acids is 1. The van der Waals surface area contributed by atoms with Gasteiger partial charge in [-0.15, -0.1) is 0 Å². The molecule has 4 heteroatoms. The van der Waals surface area contributed by atoms with Crippen molar-refractivity contribution in [2.45, 2.75) is 58.8 Å². The van der Waals surface area contributed by atoms with Gasteiger partial charge in [0.2, 0.25) is 0 Å². The van der Waals surface area contributed by atoms with E-state index in [0.717, 1.165) is 32.1 Å². The van der Waals surface area contributed by atoms with Crippen molar-refractivity contribution in [2.24, 2.45) is 5.92 Å². The molecule has 0 saturated heterocycles. The van der Waals surface area contributed by atoms with Crippen LogP contribution in [0.4, 0.5) is 0 Å². The molecule has 1 N–H and O–H groups in total. The van der Waals surface area contributed by atoms with E-state index in [1.165, 1.54) is 0 Å². The molecule has 4 nitrogen and oxygen atoms in total. The van der Waals surface area contributed by atoms with Crippen LogP contribution in [0.15, 0.2) is 0 Å². The summed E-state index contributed by atoms with van der Waals surface area (Å²) in [6.07, 6.45) is 5.61. The largest absolute Gasteiger partial charge is 0.481 e. The van der Waals surface area contributed by atoms with Crippen molar-refractivity contribution in [3.63, 3.8) is 0 Å². The van der Waals surface area contributed by atoms with Gasteiger partial charge in [0, 0.05) is 6.42 Å². The van der Waals surface area contributed by atoms with Gasteiger partial charge in [-0.3, -0.25) is 9.59 Å². The Morgan fingerprint density at radius 1 is 1.18 bits per heavy atom. The predicted octanol–water partition coefficient (Wildman–Crippen LogP) is 3.00. The topological polar surface area (TPSA) is 63.6 Å². The van der Waals surface area contributed by atoms with Gasteiger partial charge in [0.15, 0.2) is 0 Å². The zero-order valence-corrected chi connectivity index (χ0v) is 10.9. The molecule has 0 bridgehead atoms. The zero-order chi connectivity index (χ0) is 13.1. The van der Waals surface area contributed by atoms with Crippen LogP contribution in [0.5, 0.6) is 0 Å². The lowest BCUT2D eigenvalue weighted by Crippen LogP contribution is -2.09. The standard InChI is InChI=1S/C13H24O4/c1-3-4-10-17-12(14)9-7-5-6-8-11(2)13(15)16/h11H,3-10H2,1-2H3,(H,15,16). The summed E-state index contributed by atoms with van der Waals surface area (Å²) in [5, 5.41) is 8.67. The van der Waals surface area contributed by atoms with Crippen LogP contribution in [0.25, 0.3) is 0 Å². The zero-order valence-electron chi connectivity index (χ0n) is 10.9. The van der Waals surface area contributed by atoms with Gasteiger partial charge in [-0.25, -0.2) is 0 Å². The van der Waals surface area contributed by atoms with Gasteiger partial charge in [-0.05, 0) is 19.3 Å². The van der Waals surface area contributed by atoms with E-state index in [1.807, 2.05) is 0 Å². The molecule has 0 fully saturated rings. The summed E-state index contributed by atoms with van der Waals surface area (Å²) in [6.45, 7) is 4.28. The van der Waals surface area contributed by atoms with Crippen LogP contribution >= 0.6 is 0 Å². The van der Waals surface area contributed by atoms with Gasteiger partial charge in [0.25, 0.3) is 0 Å². The molecule has 1 unspecified atom stereocenters. The molecule has 0 rings (SSSR count). The summed E-state index contributed by atoms with van der Waals surface area (Å²) in [4.78, 5) is 21.8. The first-order valence-electron chi connectivity index (χ1n) is 6.46. The van der Waals surface area contributed by atoms with Gasteiger partial charge in [-0.1, -0.05) is 33.1 Å². The number of rotatable bonds is 10. The van der Waals surface area contributed by atoms with Crippen LogP contribution in [0.3, 0.4) is 0 Å². The average Bonchev–Trinajstić information content (AvgIpc) is 2.28. The highest BCUT2D eigenvalue weighted by Gasteiger charge is 2.09.